The maximum absolute atomic E-state index is 7.56. The molecule has 0 fully saturated rings. The van der Waals surface area contributed by atoms with Crippen molar-refractivity contribution in [1.29, 1.82) is 0 Å². The molecule has 0 amide bonds. The van der Waals surface area contributed by atoms with E-state index in [0.717, 1.165) is 12.4 Å². The van der Waals surface area contributed by atoms with Crippen LogP contribution >= 0.6 is 0 Å². The van der Waals surface area contributed by atoms with Gasteiger partial charge in [0.05, 0.1) is 12.4 Å². The van der Waals surface area contributed by atoms with Crippen molar-refractivity contribution in [2.45, 2.75) is 0 Å². The first-order valence-corrected chi connectivity index (χ1v) is 1.25. The van der Waals surface area contributed by atoms with Crippen molar-refractivity contribution in [3.05, 3.63) is 0 Å². The zero-order valence-corrected chi connectivity index (χ0v) is 12.9. The molecular formula is C2H22N2Na2O10. The van der Waals surface area contributed by atoms with Crippen molar-refractivity contribution in [3.8, 4) is 0 Å². The van der Waals surface area contributed by atoms with Crippen LogP contribution in [-0.4, -0.2) is 66.7 Å². The number of nitrogens with zero attached hydrogens (tertiary/aromatic N) is 2. The first kappa shape index (κ1) is 128. The average molecular weight is 280 g/mol. The van der Waals surface area contributed by atoms with Crippen molar-refractivity contribution in [2.75, 3.05) is 0 Å². The third-order valence-electron chi connectivity index (χ3n) is 0.200. The van der Waals surface area contributed by atoms with Gasteiger partial charge in [0.25, 0.3) is 0 Å². The Labute approximate surface area is 138 Å². The van der Waals surface area contributed by atoms with E-state index in [2.05, 4.69) is 10.3 Å². The number of oxime groups is 2. The smallest absolute Gasteiger partial charge is 1.00 e. The van der Waals surface area contributed by atoms with Gasteiger partial charge in [-0.25, -0.2) is 0 Å². The molecule has 0 aliphatic carbocycles. The second-order valence-corrected chi connectivity index (χ2v) is 0.529. The topological polar surface area (TPSA) is 317 Å². The fourth-order valence-electron chi connectivity index (χ4n) is 0.0596. The Morgan fingerprint density at radius 2 is 0.688 bits per heavy atom. The van der Waals surface area contributed by atoms with Crippen molar-refractivity contribution in [3.63, 3.8) is 0 Å². The van der Waals surface area contributed by atoms with E-state index >= 15 is 0 Å². The van der Waals surface area contributed by atoms with Gasteiger partial charge in [-0.2, -0.15) is 0 Å². The summed E-state index contributed by atoms with van der Waals surface area (Å²) in [4.78, 5) is 0. The van der Waals surface area contributed by atoms with Crippen LogP contribution in [-0.2, 0) is 0 Å². The first-order valence-electron chi connectivity index (χ1n) is 1.25. The van der Waals surface area contributed by atoms with E-state index in [1.807, 2.05) is 0 Å². The molecule has 102 valence electrons. The molecule has 0 atom stereocenters. The quantitative estimate of drug-likeness (QED) is 0.204. The van der Waals surface area contributed by atoms with Crippen molar-refractivity contribution < 1.29 is 116 Å². The minimum atomic E-state index is 0. The average Bonchev–Trinajstić information content (AvgIpc) is 1.61. The maximum atomic E-state index is 7.56. The van der Waals surface area contributed by atoms with Crippen molar-refractivity contribution in [1.82, 2.24) is 0 Å². The summed E-state index contributed by atoms with van der Waals surface area (Å²) >= 11 is 0. The Morgan fingerprint density at radius 1 is 0.562 bits per heavy atom. The molecule has 0 unspecified atom stereocenters. The zero-order valence-electron chi connectivity index (χ0n) is 10.9. The predicted octanol–water partition coefficient (Wildman–Crippen LogP) is -12.5. The third kappa shape index (κ3) is 207. The summed E-state index contributed by atoms with van der Waals surface area (Å²) in [6.07, 6.45) is 1.89. The molecule has 0 radical (unpaired) electrons. The maximum Gasteiger partial charge on any atom is 1.00 e. The monoisotopic (exact) mass is 280 g/mol. The Morgan fingerprint density at radius 3 is 0.750 bits per heavy atom. The predicted molar refractivity (Wildman–Crippen MR) is 51.7 cm³/mol. The van der Waals surface area contributed by atoms with Gasteiger partial charge in [-0.3, -0.25) is 0 Å². The van der Waals surface area contributed by atoms with E-state index in [-0.39, 0.29) is 106 Å². The first-order chi connectivity index (χ1) is 2.91. The van der Waals surface area contributed by atoms with Crippen LogP contribution in [0.1, 0.15) is 2.85 Å². The van der Waals surface area contributed by atoms with Crippen LogP contribution < -0.4 is 59.1 Å². The van der Waals surface area contributed by atoms with E-state index in [1.165, 1.54) is 0 Å². The second-order valence-electron chi connectivity index (χ2n) is 0.529. The van der Waals surface area contributed by atoms with Crippen LogP contribution in [0.2, 0.25) is 0 Å². The second kappa shape index (κ2) is 156. The largest absolute Gasteiger partial charge is 1.00 e. The zero-order chi connectivity index (χ0) is 4.83. The molecule has 0 aromatic heterocycles. The van der Waals surface area contributed by atoms with Gasteiger partial charge in [-0.15, -0.1) is 0 Å². The summed E-state index contributed by atoms with van der Waals surface area (Å²) in [5.74, 6) is 0. The summed E-state index contributed by atoms with van der Waals surface area (Å²) in [5, 5.41) is 20.1. The van der Waals surface area contributed by atoms with Gasteiger partial charge in [0.15, 0.2) is 0 Å². The van der Waals surface area contributed by atoms with E-state index in [0.29, 0.717) is 0 Å². The molecule has 0 aromatic carbocycles. The summed E-state index contributed by atoms with van der Waals surface area (Å²) < 4.78 is 0. The fraction of sp³-hybridized carbons (Fsp3) is 0. The minimum Gasteiger partial charge on any atom is -1.00 e. The van der Waals surface area contributed by atoms with Gasteiger partial charge in [-0.1, -0.05) is 10.3 Å². The van der Waals surface area contributed by atoms with Crippen LogP contribution in [0.15, 0.2) is 10.3 Å². The molecule has 0 rings (SSSR count). The van der Waals surface area contributed by atoms with Gasteiger partial charge in [0.2, 0.25) is 0 Å². The van der Waals surface area contributed by atoms with E-state index in [9.17, 15) is 0 Å². The molecule has 18 N–H and O–H groups in total. The molecule has 0 aliphatic rings. The van der Waals surface area contributed by atoms with Crippen LogP contribution in [0, 0.1) is 0 Å². The van der Waals surface area contributed by atoms with Gasteiger partial charge in [0, 0.05) is 0 Å². The Hall–Kier alpha value is 0.620. The fourth-order valence-corrected chi connectivity index (χ4v) is 0.0596. The van der Waals surface area contributed by atoms with E-state index in [4.69, 9.17) is 10.4 Å². The number of hydrogen-bond acceptors (Lipinski definition) is 4. The molecular weight excluding hydrogens is 258 g/mol. The van der Waals surface area contributed by atoms with Crippen LogP contribution in [0.4, 0.5) is 0 Å². The molecule has 0 saturated heterocycles. The van der Waals surface area contributed by atoms with Gasteiger partial charge in [0.1, 0.15) is 0 Å². The Kier molecular flexibility index (Phi) is 1260. The number of rotatable bonds is 1. The van der Waals surface area contributed by atoms with Gasteiger partial charge < -0.3 is 57.1 Å². The summed E-state index contributed by atoms with van der Waals surface area (Å²) in [6.45, 7) is 0. The summed E-state index contributed by atoms with van der Waals surface area (Å²) in [6, 6.07) is 0. The SMILES string of the molecule is O.O.O.O.O.O.O.O.O/N=C\C=N/O.[H-].[H-].[Na+].[Na+]. The standard InChI is InChI=1S/C2H4N2O2.2Na.8H2O.2H/c5-3-1-2-4-6;;;;;;;;;;;;/h1-2,5-6H;;;8*1H2;;/q;2*+1;;;;;;;;;2*-1/b3-1-,4-2-;;;;;;;;;;;;. The molecule has 0 bridgehead atoms. The molecule has 0 aliphatic heterocycles. The molecule has 12 nitrogen and oxygen atoms in total. The molecule has 14 heteroatoms. The molecule has 0 aromatic rings. The van der Waals surface area contributed by atoms with Gasteiger partial charge >= 0.3 is 59.1 Å². The van der Waals surface area contributed by atoms with Gasteiger partial charge in [-0.05, 0) is 0 Å². The van der Waals surface area contributed by atoms with Crippen LogP contribution in [0.25, 0.3) is 0 Å². The van der Waals surface area contributed by atoms with E-state index in [1.54, 1.807) is 0 Å². The molecule has 0 saturated carbocycles. The van der Waals surface area contributed by atoms with Crippen LogP contribution in [0.5, 0.6) is 0 Å². The molecule has 16 heavy (non-hydrogen) atoms. The summed E-state index contributed by atoms with van der Waals surface area (Å²) in [7, 11) is 0. The third-order valence-corrected chi connectivity index (χ3v) is 0.200. The number of hydrogen-bond donors (Lipinski definition) is 2. The van der Waals surface area contributed by atoms with Crippen LogP contribution in [0.3, 0.4) is 0 Å². The van der Waals surface area contributed by atoms with E-state index < -0.39 is 0 Å². The Balaban J connectivity index is -0.00000000189. The Bertz CT molecular complexity index is 82.3. The summed E-state index contributed by atoms with van der Waals surface area (Å²) in [5.41, 5.74) is 0. The molecule has 0 spiro atoms. The normalized spacial score (nSPS) is 4.25. The van der Waals surface area contributed by atoms with Crippen molar-refractivity contribution >= 4 is 12.4 Å². The minimum absolute atomic E-state index is 0. The van der Waals surface area contributed by atoms with Crippen molar-refractivity contribution in [2.24, 2.45) is 10.3 Å². The molecule has 0 heterocycles.